The molecule has 5 heteroatoms. The van der Waals surface area contributed by atoms with Gasteiger partial charge in [-0.3, -0.25) is 4.90 Å². The van der Waals surface area contributed by atoms with Crippen molar-refractivity contribution in [3.8, 4) is 0 Å². The molecule has 0 atom stereocenters. The standard InChI is InChI=1S/C19H22N4O/c1-15-10-20-19(21-11-15)22-12-16-6-3-4-7-17(16)13-23(2)14-18-8-5-9-24-18/h3-11H,12-14H2,1-2H3,(H,20,21,22). The summed E-state index contributed by atoms with van der Waals surface area (Å²) in [5.41, 5.74) is 3.58. The van der Waals surface area contributed by atoms with Crippen LogP contribution in [0.15, 0.2) is 59.5 Å². The molecule has 0 bridgehead atoms. The van der Waals surface area contributed by atoms with Gasteiger partial charge in [0.15, 0.2) is 0 Å². The van der Waals surface area contributed by atoms with E-state index in [1.165, 1.54) is 11.1 Å². The van der Waals surface area contributed by atoms with E-state index >= 15 is 0 Å². The normalized spacial score (nSPS) is 11.0. The SMILES string of the molecule is Cc1cnc(NCc2ccccc2CN(C)Cc2ccco2)nc1. The van der Waals surface area contributed by atoms with Gasteiger partial charge >= 0.3 is 0 Å². The van der Waals surface area contributed by atoms with Gasteiger partial charge in [-0.1, -0.05) is 24.3 Å². The predicted molar refractivity (Wildman–Crippen MR) is 94.4 cm³/mol. The maximum atomic E-state index is 5.42. The lowest BCUT2D eigenvalue weighted by molar-refractivity contribution is 0.287. The highest BCUT2D eigenvalue weighted by molar-refractivity contribution is 5.32. The second kappa shape index (κ2) is 7.75. The molecule has 0 fully saturated rings. The average Bonchev–Trinajstić information content (AvgIpc) is 3.08. The van der Waals surface area contributed by atoms with E-state index < -0.39 is 0 Å². The largest absolute Gasteiger partial charge is 0.468 e. The zero-order valence-electron chi connectivity index (χ0n) is 14.1. The van der Waals surface area contributed by atoms with Crippen LogP contribution in [0.5, 0.6) is 0 Å². The first kappa shape index (κ1) is 16.2. The summed E-state index contributed by atoms with van der Waals surface area (Å²) in [6.07, 6.45) is 5.35. The fourth-order valence-electron chi connectivity index (χ4n) is 2.56. The van der Waals surface area contributed by atoms with E-state index in [1.807, 2.05) is 31.5 Å². The Kier molecular flexibility index (Phi) is 5.23. The Morgan fingerprint density at radius 1 is 1.00 bits per heavy atom. The van der Waals surface area contributed by atoms with E-state index in [-0.39, 0.29) is 0 Å². The molecule has 0 saturated heterocycles. The molecule has 124 valence electrons. The molecule has 24 heavy (non-hydrogen) atoms. The van der Waals surface area contributed by atoms with Crippen molar-refractivity contribution >= 4 is 5.95 Å². The number of hydrogen-bond donors (Lipinski definition) is 1. The summed E-state index contributed by atoms with van der Waals surface area (Å²) >= 11 is 0. The Morgan fingerprint density at radius 3 is 2.46 bits per heavy atom. The van der Waals surface area contributed by atoms with E-state index in [2.05, 4.69) is 51.5 Å². The Morgan fingerprint density at radius 2 is 1.75 bits per heavy atom. The molecule has 1 aromatic carbocycles. The molecular weight excluding hydrogens is 300 g/mol. The van der Waals surface area contributed by atoms with Gasteiger partial charge < -0.3 is 9.73 Å². The molecule has 3 aromatic rings. The highest BCUT2D eigenvalue weighted by atomic mass is 16.3. The Balaban J connectivity index is 1.62. The number of nitrogens with zero attached hydrogens (tertiary/aromatic N) is 3. The van der Waals surface area contributed by atoms with Crippen LogP contribution >= 0.6 is 0 Å². The minimum Gasteiger partial charge on any atom is -0.468 e. The third kappa shape index (κ3) is 4.43. The van der Waals surface area contributed by atoms with Crippen LogP contribution in [0.3, 0.4) is 0 Å². The highest BCUT2D eigenvalue weighted by Gasteiger charge is 2.08. The topological polar surface area (TPSA) is 54.2 Å². The number of benzene rings is 1. The fraction of sp³-hybridized carbons (Fsp3) is 0.263. The lowest BCUT2D eigenvalue weighted by Crippen LogP contribution is -2.18. The fourth-order valence-corrected chi connectivity index (χ4v) is 2.56. The van der Waals surface area contributed by atoms with Gasteiger partial charge in [-0.25, -0.2) is 9.97 Å². The van der Waals surface area contributed by atoms with Crippen LogP contribution in [-0.2, 0) is 19.6 Å². The number of aromatic nitrogens is 2. The molecule has 2 heterocycles. The summed E-state index contributed by atoms with van der Waals surface area (Å²) in [5, 5.41) is 3.29. The zero-order valence-corrected chi connectivity index (χ0v) is 14.1. The van der Waals surface area contributed by atoms with Crippen LogP contribution in [0.1, 0.15) is 22.5 Å². The summed E-state index contributed by atoms with van der Waals surface area (Å²) in [6, 6.07) is 12.3. The number of anilines is 1. The molecule has 2 aromatic heterocycles. The van der Waals surface area contributed by atoms with Crippen molar-refractivity contribution in [1.82, 2.24) is 14.9 Å². The number of rotatable bonds is 7. The molecule has 1 N–H and O–H groups in total. The minimum absolute atomic E-state index is 0.652. The number of furan rings is 1. The summed E-state index contributed by atoms with van der Waals surface area (Å²) in [5.74, 6) is 1.63. The minimum atomic E-state index is 0.652. The molecule has 0 aliphatic rings. The molecule has 0 unspecified atom stereocenters. The van der Waals surface area contributed by atoms with Gasteiger partial charge in [0.2, 0.25) is 5.95 Å². The number of aryl methyl sites for hydroxylation is 1. The van der Waals surface area contributed by atoms with Crippen LogP contribution in [0, 0.1) is 6.92 Å². The summed E-state index contributed by atoms with van der Waals surface area (Å²) in [6.45, 7) is 4.32. The van der Waals surface area contributed by atoms with E-state index in [0.717, 1.165) is 24.4 Å². The van der Waals surface area contributed by atoms with Crippen LogP contribution in [0.4, 0.5) is 5.95 Å². The van der Waals surface area contributed by atoms with Crippen LogP contribution < -0.4 is 5.32 Å². The van der Waals surface area contributed by atoms with E-state index in [9.17, 15) is 0 Å². The summed E-state index contributed by atoms with van der Waals surface area (Å²) < 4.78 is 5.42. The number of hydrogen-bond acceptors (Lipinski definition) is 5. The second-order valence-corrected chi connectivity index (χ2v) is 5.96. The summed E-state index contributed by atoms with van der Waals surface area (Å²) in [7, 11) is 2.09. The first-order valence-corrected chi connectivity index (χ1v) is 8.01. The van der Waals surface area contributed by atoms with Crippen LogP contribution in [-0.4, -0.2) is 21.9 Å². The van der Waals surface area contributed by atoms with Gasteiger partial charge in [0, 0.05) is 25.5 Å². The highest BCUT2D eigenvalue weighted by Crippen LogP contribution is 2.14. The van der Waals surface area contributed by atoms with E-state index in [1.54, 1.807) is 6.26 Å². The Hall–Kier alpha value is -2.66. The Bertz CT molecular complexity index is 753. The molecule has 0 amide bonds. The van der Waals surface area contributed by atoms with Crippen molar-refractivity contribution in [3.63, 3.8) is 0 Å². The van der Waals surface area contributed by atoms with E-state index in [4.69, 9.17) is 4.42 Å². The molecule has 3 rings (SSSR count). The number of nitrogens with one attached hydrogen (secondary N) is 1. The predicted octanol–water partition coefficient (Wildman–Crippen LogP) is 3.62. The molecular formula is C19H22N4O. The second-order valence-electron chi connectivity index (χ2n) is 5.96. The molecule has 0 spiro atoms. The third-order valence-electron chi connectivity index (χ3n) is 3.78. The maximum Gasteiger partial charge on any atom is 0.222 e. The maximum absolute atomic E-state index is 5.42. The van der Waals surface area contributed by atoms with Crippen molar-refractivity contribution in [3.05, 3.63) is 77.5 Å². The molecule has 5 nitrogen and oxygen atoms in total. The molecule has 0 saturated carbocycles. The van der Waals surface area contributed by atoms with Crippen molar-refractivity contribution in [1.29, 1.82) is 0 Å². The van der Waals surface area contributed by atoms with Gasteiger partial charge in [-0.05, 0) is 42.8 Å². The lowest BCUT2D eigenvalue weighted by Gasteiger charge is -2.18. The van der Waals surface area contributed by atoms with Crippen molar-refractivity contribution in [2.24, 2.45) is 0 Å². The van der Waals surface area contributed by atoms with Gasteiger partial charge in [0.25, 0.3) is 0 Å². The van der Waals surface area contributed by atoms with Gasteiger partial charge in [0.1, 0.15) is 5.76 Å². The van der Waals surface area contributed by atoms with Crippen molar-refractivity contribution < 1.29 is 4.42 Å². The monoisotopic (exact) mass is 322 g/mol. The van der Waals surface area contributed by atoms with Gasteiger partial charge in [-0.2, -0.15) is 0 Å². The Labute approximate surface area is 142 Å². The van der Waals surface area contributed by atoms with Gasteiger partial charge in [0.05, 0.1) is 12.8 Å². The molecule has 0 aliphatic heterocycles. The zero-order chi connectivity index (χ0) is 16.8. The van der Waals surface area contributed by atoms with Crippen LogP contribution in [0.2, 0.25) is 0 Å². The first-order chi connectivity index (χ1) is 11.7. The average molecular weight is 322 g/mol. The quantitative estimate of drug-likeness (QED) is 0.720. The van der Waals surface area contributed by atoms with Gasteiger partial charge in [-0.15, -0.1) is 0 Å². The molecule has 0 aliphatic carbocycles. The van der Waals surface area contributed by atoms with Crippen molar-refractivity contribution in [2.75, 3.05) is 12.4 Å². The first-order valence-electron chi connectivity index (χ1n) is 8.01. The lowest BCUT2D eigenvalue weighted by atomic mass is 10.1. The van der Waals surface area contributed by atoms with E-state index in [0.29, 0.717) is 12.5 Å². The molecule has 0 radical (unpaired) electrons. The van der Waals surface area contributed by atoms with Crippen molar-refractivity contribution in [2.45, 2.75) is 26.6 Å². The van der Waals surface area contributed by atoms with Crippen LogP contribution in [0.25, 0.3) is 0 Å². The summed E-state index contributed by atoms with van der Waals surface area (Å²) in [4.78, 5) is 10.8. The smallest absolute Gasteiger partial charge is 0.222 e. The third-order valence-corrected chi connectivity index (χ3v) is 3.78.